The summed E-state index contributed by atoms with van der Waals surface area (Å²) in [5.41, 5.74) is 1.74. The van der Waals surface area contributed by atoms with Gasteiger partial charge in [-0.3, -0.25) is 9.59 Å². The third kappa shape index (κ3) is 3.98. The Kier molecular flexibility index (Phi) is 5.62. The van der Waals surface area contributed by atoms with Crippen LogP contribution in [0.3, 0.4) is 0 Å². The molecule has 1 saturated heterocycles. The van der Waals surface area contributed by atoms with Crippen LogP contribution >= 0.6 is 0 Å². The van der Waals surface area contributed by atoms with E-state index in [2.05, 4.69) is 11.9 Å². The van der Waals surface area contributed by atoms with Gasteiger partial charge in [0.25, 0.3) is 5.91 Å². The van der Waals surface area contributed by atoms with Gasteiger partial charge in [-0.2, -0.15) is 0 Å². The zero-order valence-electron chi connectivity index (χ0n) is 17.6. The van der Waals surface area contributed by atoms with E-state index in [1.807, 2.05) is 18.2 Å². The molecule has 0 bridgehead atoms. The summed E-state index contributed by atoms with van der Waals surface area (Å²) < 4.78 is 5.88. The maximum absolute atomic E-state index is 13.2. The number of Topliss-reactive ketones (excluding diaryl/α,β-unsaturated/α-hetero) is 1. The van der Waals surface area contributed by atoms with Gasteiger partial charge in [0, 0.05) is 30.8 Å². The lowest BCUT2D eigenvalue weighted by Gasteiger charge is -2.37. The number of aliphatic hydroxyl groups is 1. The van der Waals surface area contributed by atoms with E-state index in [4.69, 9.17) is 4.74 Å². The molecule has 4 rings (SSSR count). The fourth-order valence-electron chi connectivity index (χ4n) is 4.28. The van der Waals surface area contributed by atoms with Crippen molar-refractivity contribution in [3.05, 3.63) is 64.7 Å². The van der Waals surface area contributed by atoms with Gasteiger partial charge < -0.3 is 19.6 Å². The Morgan fingerprint density at radius 3 is 2.43 bits per heavy atom. The minimum Gasteiger partial charge on any atom is -0.491 e. The molecule has 0 atom stereocenters. The number of rotatable bonds is 3. The van der Waals surface area contributed by atoms with Crippen molar-refractivity contribution in [3.63, 3.8) is 0 Å². The van der Waals surface area contributed by atoms with Gasteiger partial charge in [0.15, 0.2) is 5.78 Å². The molecule has 0 saturated carbocycles. The van der Waals surface area contributed by atoms with Gasteiger partial charge in [0.2, 0.25) is 0 Å². The van der Waals surface area contributed by atoms with E-state index < -0.39 is 5.60 Å². The number of piperidine rings is 1. The first-order chi connectivity index (χ1) is 14.4. The van der Waals surface area contributed by atoms with Crippen LogP contribution in [-0.2, 0) is 12.1 Å². The normalized spacial score (nSPS) is 18.8. The summed E-state index contributed by atoms with van der Waals surface area (Å²) in [4.78, 5) is 29.1. The van der Waals surface area contributed by atoms with Crippen LogP contribution in [0.25, 0.3) is 0 Å². The minimum atomic E-state index is -0.857. The molecule has 2 aliphatic heterocycles. The molecule has 0 aliphatic carbocycles. The largest absolute Gasteiger partial charge is 0.491 e. The van der Waals surface area contributed by atoms with Crippen LogP contribution in [-0.4, -0.2) is 59.9 Å². The number of likely N-dealkylation sites (tertiary alicyclic amines) is 1. The zero-order valence-corrected chi connectivity index (χ0v) is 17.6. The lowest BCUT2D eigenvalue weighted by Crippen LogP contribution is -2.40. The molecule has 2 aromatic carbocycles. The fraction of sp³-hybridized carbons (Fsp3) is 0.417. The third-order valence-corrected chi connectivity index (χ3v) is 6.22. The number of hydrogen-bond acceptors (Lipinski definition) is 5. The molecular weight excluding hydrogens is 380 g/mol. The van der Waals surface area contributed by atoms with E-state index in [1.165, 1.54) is 6.92 Å². The number of fused-ring (bicyclic) bond motifs is 1. The van der Waals surface area contributed by atoms with E-state index >= 15 is 0 Å². The highest BCUT2D eigenvalue weighted by Gasteiger charge is 2.34. The SMILES string of the molecule is CC(=O)c1ccccc1C(=O)N1CCOc2ccc(C3(O)CCN(C)CC3)cc2C1. The van der Waals surface area contributed by atoms with Crippen molar-refractivity contribution in [2.24, 2.45) is 0 Å². The van der Waals surface area contributed by atoms with Crippen molar-refractivity contribution < 1.29 is 19.4 Å². The average molecular weight is 408 g/mol. The van der Waals surface area contributed by atoms with Crippen LogP contribution in [0.4, 0.5) is 0 Å². The summed E-state index contributed by atoms with van der Waals surface area (Å²) in [6.07, 6.45) is 1.36. The van der Waals surface area contributed by atoms with Crippen LogP contribution in [0.1, 0.15) is 51.6 Å². The molecule has 6 nitrogen and oxygen atoms in total. The standard InChI is InChI=1S/C24H28N2O4/c1-17(27)20-5-3-4-6-21(20)23(28)26-13-14-30-22-8-7-19(15-18(22)16-26)24(29)9-11-25(2)12-10-24/h3-8,15,29H,9-14,16H2,1-2H3. The molecule has 1 amide bonds. The van der Waals surface area contributed by atoms with Gasteiger partial charge >= 0.3 is 0 Å². The highest BCUT2D eigenvalue weighted by atomic mass is 16.5. The predicted octanol–water partition coefficient (Wildman–Crippen LogP) is 2.84. The van der Waals surface area contributed by atoms with Gasteiger partial charge in [-0.05, 0) is 50.6 Å². The third-order valence-electron chi connectivity index (χ3n) is 6.22. The second-order valence-corrected chi connectivity index (χ2v) is 8.33. The van der Waals surface area contributed by atoms with Crippen molar-refractivity contribution in [1.29, 1.82) is 0 Å². The first kappa shape index (κ1) is 20.6. The Morgan fingerprint density at radius 2 is 1.73 bits per heavy atom. The zero-order chi connectivity index (χ0) is 21.3. The Hall–Kier alpha value is -2.70. The Bertz CT molecular complexity index is 963. The highest BCUT2D eigenvalue weighted by molar-refractivity contribution is 6.07. The summed E-state index contributed by atoms with van der Waals surface area (Å²) in [5.74, 6) is 0.434. The number of ether oxygens (including phenoxy) is 1. The summed E-state index contributed by atoms with van der Waals surface area (Å²) in [6.45, 7) is 4.36. The van der Waals surface area contributed by atoms with Crippen molar-refractivity contribution in [3.8, 4) is 5.75 Å². The monoisotopic (exact) mass is 408 g/mol. The van der Waals surface area contributed by atoms with Crippen molar-refractivity contribution in [2.75, 3.05) is 33.3 Å². The second-order valence-electron chi connectivity index (χ2n) is 8.33. The molecule has 2 aliphatic rings. The van der Waals surface area contributed by atoms with Crippen LogP contribution in [0.2, 0.25) is 0 Å². The molecular formula is C24H28N2O4. The van der Waals surface area contributed by atoms with E-state index in [0.717, 1.165) is 30.0 Å². The number of carbonyl (C=O) groups excluding carboxylic acids is 2. The van der Waals surface area contributed by atoms with Crippen molar-refractivity contribution >= 4 is 11.7 Å². The van der Waals surface area contributed by atoms with E-state index in [-0.39, 0.29) is 11.7 Å². The Labute approximate surface area is 177 Å². The molecule has 1 fully saturated rings. The second kappa shape index (κ2) is 8.20. The minimum absolute atomic E-state index is 0.128. The van der Waals surface area contributed by atoms with Crippen LogP contribution < -0.4 is 4.74 Å². The molecule has 0 radical (unpaired) electrons. The van der Waals surface area contributed by atoms with Gasteiger partial charge in [-0.1, -0.05) is 24.3 Å². The summed E-state index contributed by atoms with van der Waals surface area (Å²) in [7, 11) is 2.06. The molecule has 6 heteroatoms. The van der Waals surface area contributed by atoms with Crippen LogP contribution in [0.5, 0.6) is 5.75 Å². The van der Waals surface area contributed by atoms with Gasteiger partial charge in [-0.25, -0.2) is 0 Å². The number of hydrogen-bond donors (Lipinski definition) is 1. The van der Waals surface area contributed by atoms with Crippen LogP contribution in [0, 0.1) is 0 Å². The fourth-order valence-corrected chi connectivity index (χ4v) is 4.28. The first-order valence-corrected chi connectivity index (χ1v) is 10.4. The first-order valence-electron chi connectivity index (χ1n) is 10.4. The molecule has 1 N–H and O–H groups in total. The molecule has 30 heavy (non-hydrogen) atoms. The summed E-state index contributed by atoms with van der Waals surface area (Å²) >= 11 is 0. The maximum atomic E-state index is 13.2. The lowest BCUT2D eigenvalue weighted by molar-refractivity contribution is -0.0204. The topological polar surface area (TPSA) is 70.1 Å². The smallest absolute Gasteiger partial charge is 0.255 e. The molecule has 158 valence electrons. The molecule has 0 aromatic heterocycles. The number of amides is 1. The quantitative estimate of drug-likeness (QED) is 0.791. The Morgan fingerprint density at radius 1 is 1.03 bits per heavy atom. The van der Waals surface area contributed by atoms with E-state index in [0.29, 0.717) is 43.7 Å². The van der Waals surface area contributed by atoms with Gasteiger partial charge in [0.1, 0.15) is 12.4 Å². The van der Waals surface area contributed by atoms with E-state index in [1.54, 1.807) is 29.2 Å². The summed E-state index contributed by atoms with van der Waals surface area (Å²) in [6, 6.07) is 12.7. The number of nitrogens with zero attached hydrogens (tertiary/aromatic N) is 2. The van der Waals surface area contributed by atoms with Gasteiger partial charge in [-0.15, -0.1) is 0 Å². The Balaban J connectivity index is 1.62. The highest BCUT2D eigenvalue weighted by Crippen LogP contribution is 2.36. The number of carbonyl (C=O) groups is 2. The molecule has 0 spiro atoms. The van der Waals surface area contributed by atoms with Crippen molar-refractivity contribution in [2.45, 2.75) is 31.9 Å². The maximum Gasteiger partial charge on any atom is 0.255 e. The van der Waals surface area contributed by atoms with Crippen LogP contribution in [0.15, 0.2) is 42.5 Å². The lowest BCUT2D eigenvalue weighted by atomic mass is 9.84. The molecule has 2 aromatic rings. The van der Waals surface area contributed by atoms with Crippen molar-refractivity contribution in [1.82, 2.24) is 9.80 Å². The molecule has 2 heterocycles. The average Bonchev–Trinajstić information content (AvgIpc) is 2.97. The number of ketones is 1. The van der Waals surface area contributed by atoms with E-state index in [9.17, 15) is 14.7 Å². The number of benzene rings is 2. The molecule has 0 unspecified atom stereocenters. The summed E-state index contributed by atoms with van der Waals surface area (Å²) in [5, 5.41) is 11.2. The predicted molar refractivity (Wildman–Crippen MR) is 114 cm³/mol. The van der Waals surface area contributed by atoms with Gasteiger partial charge in [0.05, 0.1) is 17.7 Å².